The molecular weight excluding hydrogens is 410 g/mol. The number of nitrogens with one attached hydrogen (secondary N) is 1. The highest BCUT2D eigenvalue weighted by Crippen LogP contribution is 2.37. The van der Waals surface area contributed by atoms with Crippen LogP contribution in [0.25, 0.3) is 0 Å². The third kappa shape index (κ3) is 7.59. The van der Waals surface area contributed by atoms with Gasteiger partial charge in [0.05, 0.1) is 6.10 Å². The van der Waals surface area contributed by atoms with Crippen molar-refractivity contribution >= 4 is 12.4 Å². The van der Waals surface area contributed by atoms with Gasteiger partial charge in [0, 0.05) is 12.1 Å². The molecule has 0 radical (unpaired) electrons. The van der Waals surface area contributed by atoms with E-state index in [-0.39, 0.29) is 17.9 Å². The van der Waals surface area contributed by atoms with Gasteiger partial charge in [-0.3, -0.25) is 0 Å². The summed E-state index contributed by atoms with van der Waals surface area (Å²) in [6, 6.07) is 21.3. The van der Waals surface area contributed by atoms with Gasteiger partial charge in [0.2, 0.25) is 0 Å². The van der Waals surface area contributed by atoms with E-state index >= 15 is 0 Å². The number of β-amino-alcohol motifs (C(OH)–C–C–N with tert-alkyl or cyclic N) is 1. The number of ether oxygens (including phenoxy) is 2. The fraction of sp³-hybridized carbons (Fsp3) is 0.308. The summed E-state index contributed by atoms with van der Waals surface area (Å²) in [5.41, 5.74) is 3.03. The topological polar surface area (TPSA) is 50.7 Å². The molecule has 3 aromatic rings. The Morgan fingerprint density at radius 2 is 1.26 bits per heavy atom. The summed E-state index contributed by atoms with van der Waals surface area (Å²) in [6.45, 7) is 10.7. The second kappa shape index (κ2) is 10.7. The standard InChI is InChI=1S/C26H31NO3.ClH/c1-18-6-11-21(12-7-18)29-24-15-10-20(23(28)17-27-26(3,4)5)16-25(24)30-22-13-8-19(2)9-14-22;/h6-16,23,27-28H,17H2,1-5H3;1H. The van der Waals surface area contributed by atoms with Crippen LogP contribution in [0.15, 0.2) is 66.7 Å². The highest BCUT2D eigenvalue weighted by atomic mass is 35.5. The van der Waals surface area contributed by atoms with Crippen LogP contribution in [0.5, 0.6) is 23.0 Å². The van der Waals surface area contributed by atoms with Gasteiger partial charge in [0.25, 0.3) is 0 Å². The molecule has 166 valence electrons. The van der Waals surface area contributed by atoms with Crippen LogP contribution in [0.3, 0.4) is 0 Å². The molecule has 0 saturated heterocycles. The smallest absolute Gasteiger partial charge is 0.170 e. The van der Waals surface area contributed by atoms with Crippen LogP contribution in [0.1, 0.15) is 43.6 Å². The predicted octanol–water partition coefficient (Wildman–Crippen LogP) is 6.73. The van der Waals surface area contributed by atoms with E-state index in [1.165, 1.54) is 5.56 Å². The van der Waals surface area contributed by atoms with E-state index in [0.29, 0.717) is 23.8 Å². The van der Waals surface area contributed by atoms with E-state index in [2.05, 4.69) is 26.1 Å². The summed E-state index contributed by atoms with van der Waals surface area (Å²) < 4.78 is 12.2. The van der Waals surface area contributed by atoms with Crippen molar-refractivity contribution in [3.63, 3.8) is 0 Å². The minimum absolute atomic E-state index is 0. The molecule has 0 aliphatic heterocycles. The third-order valence-corrected chi connectivity index (χ3v) is 4.68. The van der Waals surface area contributed by atoms with Crippen LogP contribution in [-0.2, 0) is 0 Å². The molecule has 0 aliphatic carbocycles. The Hall–Kier alpha value is -2.53. The van der Waals surface area contributed by atoms with Gasteiger partial charge >= 0.3 is 0 Å². The highest BCUT2D eigenvalue weighted by molar-refractivity contribution is 5.85. The van der Waals surface area contributed by atoms with Crippen molar-refractivity contribution in [2.24, 2.45) is 0 Å². The molecule has 0 saturated carbocycles. The van der Waals surface area contributed by atoms with Crippen molar-refractivity contribution in [3.8, 4) is 23.0 Å². The molecule has 0 fully saturated rings. The Labute approximate surface area is 191 Å². The maximum Gasteiger partial charge on any atom is 0.170 e. The van der Waals surface area contributed by atoms with Gasteiger partial charge in [-0.15, -0.1) is 12.4 Å². The maximum atomic E-state index is 10.7. The fourth-order valence-corrected chi connectivity index (χ4v) is 2.88. The van der Waals surface area contributed by atoms with Gasteiger partial charge in [-0.25, -0.2) is 0 Å². The molecule has 3 rings (SSSR count). The molecule has 5 heteroatoms. The van der Waals surface area contributed by atoms with Crippen LogP contribution >= 0.6 is 12.4 Å². The first kappa shape index (κ1) is 24.7. The molecule has 4 nitrogen and oxygen atoms in total. The second-order valence-electron chi connectivity index (χ2n) is 8.68. The predicted molar refractivity (Wildman–Crippen MR) is 129 cm³/mol. The number of aliphatic hydroxyl groups excluding tert-OH is 1. The molecule has 0 spiro atoms. The Balaban J connectivity index is 0.00000341. The summed E-state index contributed by atoms with van der Waals surface area (Å²) in [5, 5.41) is 14.0. The van der Waals surface area contributed by atoms with Crippen LogP contribution in [0.2, 0.25) is 0 Å². The highest BCUT2D eigenvalue weighted by Gasteiger charge is 2.17. The normalized spacial score (nSPS) is 12.1. The fourth-order valence-electron chi connectivity index (χ4n) is 2.88. The first-order valence-corrected chi connectivity index (χ1v) is 10.3. The molecule has 0 amide bonds. The number of hydrogen-bond acceptors (Lipinski definition) is 4. The number of halogens is 1. The lowest BCUT2D eigenvalue weighted by atomic mass is 10.1. The van der Waals surface area contributed by atoms with Crippen LogP contribution in [-0.4, -0.2) is 17.2 Å². The number of rotatable bonds is 7. The van der Waals surface area contributed by atoms with Gasteiger partial charge in [-0.1, -0.05) is 41.5 Å². The van der Waals surface area contributed by atoms with Crippen LogP contribution in [0.4, 0.5) is 0 Å². The quantitative estimate of drug-likeness (QED) is 0.426. The Morgan fingerprint density at radius 3 is 1.74 bits per heavy atom. The Morgan fingerprint density at radius 1 is 0.774 bits per heavy atom. The molecule has 31 heavy (non-hydrogen) atoms. The zero-order valence-electron chi connectivity index (χ0n) is 18.8. The van der Waals surface area contributed by atoms with E-state index in [4.69, 9.17) is 9.47 Å². The summed E-state index contributed by atoms with van der Waals surface area (Å²) in [6.07, 6.45) is -0.655. The molecule has 2 N–H and O–H groups in total. The minimum atomic E-state index is -0.655. The molecule has 3 aromatic carbocycles. The zero-order chi connectivity index (χ0) is 21.7. The SMILES string of the molecule is Cc1ccc(Oc2ccc(C(O)CNC(C)(C)C)cc2Oc2ccc(C)cc2)cc1.Cl. The first-order valence-electron chi connectivity index (χ1n) is 10.3. The average Bonchev–Trinajstić information content (AvgIpc) is 2.70. The number of hydrogen-bond donors (Lipinski definition) is 2. The number of aliphatic hydroxyl groups is 1. The average molecular weight is 442 g/mol. The van der Waals surface area contributed by atoms with Crippen molar-refractivity contribution in [2.45, 2.75) is 46.3 Å². The molecule has 0 aromatic heterocycles. The molecular formula is C26H32ClNO3. The molecule has 0 heterocycles. The summed E-state index contributed by atoms with van der Waals surface area (Å²) in [7, 11) is 0. The number of aryl methyl sites for hydroxylation is 2. The molecule has 1 atom stereocenters. The summed E-state index contributed by atoms with van der Waals surface area (Å²) in [4.78, 5) is 0. The second-order valence-corrected chi connectivity index (χ2v) is 8.68. The van der Waals surface area contributed by atoms with E-state index in [9.17, 15) is 5.11 Å². The van der Waals surface area contributed by atoms with E-state index < -0.39 is 6.10 Å². The van der Waals surface area contributed by atoms with E-state index in [0.717, 1.165) is 16.9 Å². The van der Waals surface area contributed by atoms with Gasteiger partial charge < -0.3 is 19.9 Å². The largest absolute Gasteiger partial charge is 0.453 e. The summed E-state index contributed by atoms with van der Waals surface area (Å²) >= 11 is 0. The lowest BCUT2D eigenvalue weighted by Crippen LogP contribution is -2.38. The van der Waals surface area contributed by atoms with Crippen molar-refractivity contribution in [1.82, 2.24) is 5.32 Å². The first-order chi connectivity index (χ1) is 14.2. The van der Waals surface area contributed by atoms with Crippen molar-refractivity contribution in [1.29, 1.82) is 0 Å². The Bertz CT molecular complexity index is 963. The van der Waals surface area contributed by atoms with Gasteiger partial charge in [0.15, 0.2) is 11.5 Å². The number of benzene rings is 3. The van der Waals surface area contributed by atoms with E-state index in [1.54, 1.807) is 0 Å². The molecule has 1 unspecified atom stereocenters. The third-order valence-electron chi connectivity index (χ3n) is 4.68. The summed E-state index contributed by atoms with van der Waals surface area (Å²) in [5.74, 6) is 2.61. The van der Waals surface area contributed by atoms with Crippen molar-refractivity contribution in [3.05, 3.63) is 83.4 Å². The maximum absolute atomic E-state index is 10.7. The Kier molecular flexibility index (Phi) is 8.52. The monoisotopic (exact) mass is 441 g/mol. The van der Waals surface area contributed by atoms with Crippen molar-refractivity contribution < 1.29 is 14.6 Å². The van der Waals surface area contributed by atoms with Gasteiger partial charge in [-0.2, -0.15) is 0 Å². The van der Waals surface area contributed by atoms with Gasteiger partial charge in [0.1, 0.15) is 11.5 Å². The zero-order valence-corrected chi connectivity index (χ0v) is 19.6. The van der Waals surface area contributed by atoms with Crippen molar-refractivity contribution in [2.75, 3.05) is 6.54 Å². The van der Waals surface area contributed by atoms with Crippen LogP contribution in [0, 0.1) is 13.8 Å². The molecule has 0 bridgehead atoms. The minimum Gasteiger partial charge on any atom is -0.453 e. The van der Waals surface area contributed by atoms with Gasteiger partial charge in [-0.05, 0) is 76.6 Å². The van der Waals surface area contributed by atoms with Crippen LogP contribution < -0.4 is 14.8 Å². The van der Waals surface area contributed by atoms with E-state index in [1.807, 2.05) is 80.6 Å². The lowest BCUT2D eigenvalue weighted by Gasteiger charge is -2.23. The lowest BCUT2D eigenvalue weighted by molar-refractivity contribution is 0.163. The molecule has 0 aliphatic rings.